The van der Waals surface area contributed by atoms with Crippen LogP contribution in [-0.4, -0.2) is 4.57 Å². The summed E-state index contributed by atoms with van der Waals surface area (Å²) in [6, 6.07) is 73.1. The van der Waals surface area contributed by atoms with Crippen LogP contribution in [-0.2, 0) is 21.7 Å². The van der Waals surface area contributed by atoms with Crippen molar-refractivity contribution in [1.29, 1.82) is 0 Å². The maximum Gasteiger partial charge on any atom is 0.132 e. The van der Waals surface area contributed by atoms with Crippen LogP contribution in [0.4, 0.5) is 17.1 Å². The Balaban J connectivity index is 1.13. The zero-order valence-electron chi connectivity index (χ0n) is 40.8. The maximum absolute atomic E-state index is 7.05. The second-order valence-corrected chi connectivity index (χ2v) is 22.1. The standard InChI is InChI=1S/C66H56N2O/c1-63(2,3)41-29-35-61-55(37-41)66(56-38-42(64(4,5)6)30-36-62(56)69-61)52-24-14-10-20-46(52)48-34-32-44(40-54(48)66)67(43-31-33-47-45-19-9-13-23-51(45)65(7,8)53(47)39-43)59-27-17-18-28-60(59)68-57-25-15-11-21-49(57)50-22-12-16-26-58(50)68/h9-40H,1-8H3. The highest BCUT2D eigenvalue weighted by molar-refractivity contribution is 6.10. The molecule has 0 saturated carbocycles. The SMILES string of the molecule is CC(C)(C)c1ccc2c(c1)C1(c3cc(C(C)(C)C)ccc3O2)c2ccccc2-c2ccc(N(c3ccc4c(c3)C(C)(C)c3ccccc3-4)c3ccccc3-n3c4ccccc4c4ccccc43)cc21. The molecular weight excluding hydrogens is 837 g/mol. The van der Waals surface area contributed by atoms with Gasteiger partial charge in [-0.15, -0.1) is 0 Å². The summed E-state index contributed by atoms with van der Waals surface area (Å²) in [4.78, 5) is 2.54. The molecule has 0 amide bonds. The molecule has 3 nitrogen and oxygen atoms in total. The number of anilines is 3. The van der Waals surface area contributed by atoms with Crippen LogP contribution in [0, 0.1) is 0 Å². The fraction of sp³-hybridized carbons (Fsp3) is 0.182. The van der Waals surface area contributed by atoms with E-state index in [4.69, 9.17) is 4.74 Å². The molecule has 3 aliphatic rings. The summed E-state index contributed by atoms with van der Waals surface area (Å²) in [6.07, 6.45) is 0. The van der Waals surface area contributed by atoms with E-state index in [1.54, 1.807) is 0 Å². The lowest BCUT2D eigenvalue weighted by molar-refractivity contribution is 0.433. The molecule has 9 aromatic carbocycles. The van der Waals surface area contributed by atoms with Crippen LogP contribution in [0.3, 0.4) is 0 Å². The molecule has 2 heterocycles. The van der Waals surface area contributed by atoms with Crippen molar-refractivity contribution in [2.24, 2.45) is 0 Å². The monoisotopic (exact) mass is 892 g/mol. The van der Waals surface area contributed by atoms with E-state index < -0.39 is 5.41 Å². The minimum atomic E-state index is -0.674. The van der Waals surface area contributed by atoms with Crippen molar-refractivity contribution in [3.05, 3.63) is 239 Å². The van der Waals surface area contributed by atoms with E-state index >= 15 is 0 Å². The average Bonchev–Trinajstić information content (AvgIpc) is 3.92. The Kier molecular flexibility index (Phi) is 8.70. The number of hydrogen-bond donors (Lipinski definition) is 0. The molecule has 10 aromatic rings. The quantitative estimate of drug-likeness (QED) is 0.175. The van der Waals surface area contributed by atoms with Crippen LogP contribution in [0.15, 0.2) is 194 Å². The average molecular weight is 893 g/mol. The Morgan fingerprint density at radius 3 is 1.46 bits per heavy atom. The first-order chi connectivity index (χ1) is 33.2. The van der Waals surface area contributed by atoms with Gasteiger partial charge in [-0.1, -0.05) is 177 Å². The predicted molar refractivity (Wildman–Crippen MR) is 288 cm³/mol. The van der Waals surface area contributed by atoms with Crippen LogP contribution < -0.4 is 9.64 Å². The lowest BCUT2D eigenvalue weighted by atomic mass is 9.64. The number of fused-ring (bicyclic) bond motifs is 15. The van der Waals surface area contributed by atoms with E-state index in [0.717, 1.165) is 34.2 Å². The third-order valence-corrected chi connectivity index (χ3v) is 15.8. The van der Waals surface area contributed by atoms with Crippen LogP contribution in [0.1, 0.15) is 99.9 Å². The van der Waals surface area contributed by atoms with Crippen molar-refractivity contribution in [3.63, 3.8) is 0 Å². The van der Waals surface area contributed by atoms with E-state index in [1.807, 2.05) is 0 Å². The second-order valence-electron chi connectivity index (χ2n) is 22.1. The molecule has 3 heteroatoms. The number of hydrogen-bond acceptors (Lipinski definition) is 2. The highest BCUT2D eigenvalue weighted by atomic mass is 16.5. The van der Waals surface area contributed by atoms with Crippen LogP contribution >= 0.6 is 0 Å². The Bertz CT molecular complexity index is 3660. The first-order valence-corrected chi connectivity index (χ1v) is 24.6. The Morgan fingerprint density at radius 2 is 0.870 bits per heavy atom. The van der Waals surface area contributed by atoms with Crippen molar-refractivity contribution in [2.45, 2.75) is 77.0 Å². The smallest absolute Gasteiger partial charge is 0.132 e. The van der Waals surface area contributed by atoms with Crippen molar-refractivity contribution in [2.75, 3.05) is 4.90 Å². The van der Waals surface area contributed by atoms with E-state index in [2.05, 4.69) is 259 Å². The molecule has 0 N–H and O–H groups in total. The van der Waals surface area contributed by atoms with Gasteiger partial charge in [-0.05, 0) is 139 Å². The molecule has 1 aliphatic heterocycles. The first-order valence-electron chi connectivity index (χ1n) is 24.6. The van der Waals surface area contributed by atoms with Crippen LogP contribution in [0.2, 0.25) is 0 Å². The summed E-state index contributed by atoms with van der Waals surface area (Å²) in [6.45, 7) is 18.6. The van der Waals surface area contributed by atoms with E-state index in [-0.39, 0.29) is 16.2 Å². The number of rotatable bonds is 4. The van der Waals surface area contributed by atoms with Gasteiger partial charge in [0.1, 0.15) is 11.5 Å². The molecule has 13 rings (SSSR count). The molecule has 69 heavy (non-hydrogen) atoms. The summed E-state index contributed by atoms with van der Waals surface area (Å²) in [5.74, 6) is 1.81. The van der Waals surface area contributed by atoms with Gasteiger partial charge in [0.15, 0.2) is 0 Å². The zero-order chi connectivity index (χ0) is 47.2. The fourth-order valence-corrected chi connectivity index (χ4v) is 12.3. The topological polar surface area (TPSA) is 17.4 Å². The molecule has 0 radical (unpaired) electrons. The molecule has 0 fully saturated rings. The Morgan fingerprint density at radius 1 is 0.406 bits per heavy atom. The number of ether oxygens (including phenoxy) is 1. The van der Waals surface area contributed by atoms with Crippen molar-refractivity contribution in [1.82, 2.24) is 4.57 Å². The third kappa shape index (κ3) is 5.86. The normalized spacial score (nSPS) is 14.7. The Labute approximate surface area is 406 Å². The van der Waals surface area contributed by atoms with Gasteiger partial charge in [0.25, 0.3) is 0 Å². The molecule has 1 spiro atoms. The lowest BCUT2D eigenvalue weighted by Gasteiger charge is -2.41. The van der Waals surface area contributed by atoms with Gasteiger partial charge in [-0.3, -0.25) is 0 Å². The summed E-state index contributed by atoms with van der Waals surface area (Å²) >= 11 is 0. The van der Waals surface area contributed by atoms with Crippen molar-refractivity contribution in [3.8, 4) is 39.4 Å². The molecule has 336 valence electrons. The predicted octanol–water partition coefficient (Wildman–Crippen LogP) is 17.6. The van der Waals surface area contributed by atoms with Gasteiger partial charge in [-0.25, -0.2) is 0 Å². The maximum atomic E-state index is 7.05. The van der Waals surface area contributed by atoms with E-state index in [1.165, 1.54) is 88.6 Å². The van der Waals surface area contributed by atoms with Gasteiger partial charge < -0.3 is 14.2 Å². The van der Waals surface area contributed by atoms with E-state index in [0.29, 0.717) is 0 Å². The van der Waals surface area contributed by atoms with Gasteiger partial charge in [0.05, 0.1) is 27.8 Å². The van der Waals surface area contributed by atoms with Crippen molar-refractivity contribution >= 4 is 38.9 Å². The lowest BCUT2D eigenvalue weighted by Crippen LogP contribution is -2.33. The number of aromatic nitrogens is 1. The number of nitrogens with zero attached hydrogens (tertiary/aromatic N) is 2. The largest absolute Gasteiger partial charge is 0.457 e. The molecule has 0 bridgehead atoms. The molecular formula is C66H56N2O. The summed E-state index contributed by atoms with van der Waals surface area (Å²) in [5, 5.41) is 2.48. The third-order valence-electron chi connectivity index (χ3n) is 15.8. The van der Waals surface area contributed by atoms with Gasteiger partial charge in [0.2, 0.25) is 0 Å². The summed E-state index contributed by atoms with van der Waals surface area (Å²) < 4.78 is 9.52. The minimum absolute atomic E-state index is 0.0825. The van der Waals surface area contributed by atoms with Crippen molar-refractivity contribution < 1.29 is 4.74 Å². The van der Waals surface area contributed by atoms with Crippen LogP contribution in [0.25, 0.3) is 49.7 Å². The van der Waals surface area contributed by atoms with Gasteiger partial charge >= 0.3 is 0 Å². The van der Waals surface area contributed by atoms with E-state index in [9.17, 15) is 0 Å². The highest BCUT2D eigenvalue weighted by Gasteiger charge is 2.52. The second kappa shape index (κ2) is 14.5. The fourth-order valence-electron chi connectivity index (χ4n) is 12.3. The molecule has 0 saturated heterocycles. The number of para-hydroxylation sites is 4. The molecule has 0 atom stereocenters. The molecule has 0 unspecified atom stereocenters. The zero-order valence-corrected chi connectivity index (χ0v) is 40.8. The highest BCUT2D eigenvalue weighted by Crippen LogP contribution is 2.64. The number of benzene rings is 9. The van der Waals surface area contributed by atoms with Crippen LogP contribution in [0.5, 0.6) is 11.5 Å². The molecule has 1 aromatic heterocycles. The first kappa shape index (κ1) is 41.6. The summed E-state index contributed by atoms with van der Waals surface area (Å²) in [7, 11) is 0. The van der Waals surface area contributed by atoms with Gasteiger partial charge in [-0.2, -0.15) is 0 Å². The Hall–Kier alpha value is -7.62. The van der Waals surface area contributed by atoms with Gasteiger partial charge in [0, 0.05) is 38.7 Å². The minimum Gasteiger partial charge on any atom is -0.457 e. The summed E-state index contributed by atoms with van der Waals surface area (Å²) in [5.41, 5.74) is 21.1. The molecule has 2 aliphatic carbocycles.